The topological polar surface area (TPSA) is 62.2 Å². The molecule has 1 aromatic carbocycles. The van der Waals surface area contributed by atoms with Crippen LogP contribution >= 0.6 is 22.9 Å². The van der Waals surface area contributed by atoms with Crippen LogP contribution in [0, 0.1) is 13.8 Å². The van der Waals surface area contributed by atoms with Crippen LogP contribution in [0.25, 0.3) is 11.1 Å². The Bertz CT molecular complexity index is 1100. The van der Waals surface area contributed by atoms with Gasteiger partial charge in [-0.15, -0.1) is 11.3 Å². The van der Waals surface area contributed by atoms with E-state index in [1.165, 1.54) is 11.3 Å². The fourth-order valence-corrected chi connectivity index (χ4v) is 4.95. The molecule has 30 heavy (non-hydrogen) atoms. The second kappa shape index (κ2) is 8.32. The van der Waals surface area contributed by atoms with Crippen molar-refractivity contribution in [2.45, 2.75) is 32.7 Å². The van der Waals surface area contributed by atoms with Gasteiger partial charge in [-0.3, -0.25) is 4.79 Å². The third-order valence-corrected chi connectivity index (χ3v) is 6.56. The number of thiazole rings is 1. The highest BCUT2D eigenvalue weighted by molar-refractivity contribution is 7.13. The lowest BCUT2D eigenvalue weighted by Crippen LogP contribution is -2.31. The molecule has 1 fully saturated rings. The second-order valence-electron chi connectivity index (χ2n) is 7.68. The molecule has 156 valence electrons. The van der Waals surface area contributed by atoms with Crippen molar-refractivity contribution in [3.05, 3.63) is 56.8 Å². The molecule has 8 heteroatoms. The number of rotatable bonds is 4. The van der Waals surface area contributed by atoms with E-state index in [1.807, 2.05) is 68.2 Å². The molecule has 0 aliphatic carbocycles. The van der Waals surface area contributed by atoms with E-state index in [2.05, 4.69) is 9.97 Å². The molecule has 1 atom stereocenters. The highest BCUT2D eigenvalue weighted by Gasteiger charge is 2.35. The van der Waals surface area contributed by atoms with Gasteiger partial charge in [0.2, 0.25) is 5.95 Å². The van der Waals surface area contributed by atoms with Crippen molar-refractivity contribution in [3.63, 3.8) is 0 Å². The summed E-state index contributed by atoms with van der Waals surface area (Å²) in [6, 6.07) is 7.57. The smallest absolute Gasteiger partial charge is 0.266 e. The summed E-state index contributed by atoms with van der Waals surface area (Å²) in [4.78, 5) is 31.8. The molecule has 4 rings (SSSR count). The van der Waals surface area contributed by atoms with Gasteiger partial charge in [0, 0.05) is 37.4 Å². The Kier molecular flexibility index (Phi) is 5.75. The molecule has 1 amide bonds. The fraction of sp³-hybridized carbons (Fsp3) is 0.364. The Morgan fingerprint density at radius 2 is 2.07 bits per heavy atom. The first kappa shape index (κ1) is 20.8. The minimum Gasteiger partial charge on any atom is -0.347 e. The number of carbonyl (C=O) groups is 1. The predicted octanol–water partition coefficient (Wildman–Crippen LogP) is 4.91. The number of aromatic nitrogens is 3. The summed E-state index contributed by atoms with van der Waals surface area (Å²) < 4.78 is 0. The Morgan fingerprint density at radius 3 is 2.73 bits per heavy atom. The number of nitrogens with zero attached hydrogens (tertiary/aromatic N) is 5. The van der Waals surface area contributed by atoms with E-state index in [4.69, 9.17) is 16.6 Å². The lowest BCUT2D eigenvalue weighted by atomic mass is 9.99. The van der Waals surface area contributed by atoms with Gasteiger partial charge in [0.05, 0.1) is 22.4 Å². The Balaban J connectivity index is 1.80. The summed E-state index contributed by atoms with van der Waals surface area (Å²) in [5.74, 6) is 0.655. The van der Waals surface area contributed by atoms with Gasteiger partial charge < -0.3 is 9.80 Å². The maximum absolute atomic E-state index is 13.4. The maximum atomic E-state index is 13.4. The van der Waals surface area contributed by atoms with E-state index >= 15 is 0 Å². The number of aryl methyl sites for hydroxylation is 2. The molecule has 0 spiro atoms. The van der Waals surface area contributed by atoms with Gasteiger partial charge >= 0.3 is 0 Å². The minimum absolute atomic E-state index is 0.0302. The van der Waals surface area contributed by atoms with Gasteiger partial charge in [-0.2, -0.15) is 0 Å². The standard InChI is InChI=1S/C22H24ClN5OS/c1-13-20(30-14(2)25-13)21(29)28-10-6-9-18(28)19-17(12-24-22(26-19)27(3)4)15-7-5-8-16(23)11-15/h5,7-8,11-12,18H,6,9-10H2,1-4H3/t18-/m1/s1. The van der Waals surface area contributed by atoms with Crippen molar-refractivity contribution < 1.29 is 4.79 Å². The molecule has 0 bridgehead atoms. The fourth-order valence-electron chi connectivity index (χ4n) is 3.89. The largest absolute Gasteiger partial charge is 0.347 e. The molecule has 0 saturated carbocycles. The first-order chi connectivity index (χ1) is 14.3. The molecule has 3 heterocycles. The SMILES string of the molecule is Cc1nc(C)c(C(=O)N2CCC[C@@H]2c2nc(N(C)C)ncc2-c2cccc(Cl)c2)s1. The zero-order chi connectivity index (χ0) is 21.4. The molecule has 0 radical (unpaired) electrons. The van der Waals surface area contributed by atoms with Crippen molar-refractivity contribution in [2.24, 2.45) is 0 Å². The summed E-state index contributed by atoms with van der Waals surface area (Å²) in [5.41, 5.74) is 3.51. The monoisotopic (exact) mass is 441 g/mol. The molecule has 0 unspecified atom stereocenters. The Labute approximate surface area is 185 Å². The van der Waals surface area contributed by atoms with Crippen LogP contribution in [0.1, 0.15) is 45.0 Å². The molecular weight excluding hydrogens is 418 g/mol. The molecule has 1 saturated heterocycles. The van der Waals surface area contributed by atoms with E-state index in [9.17, 15) is 4.79 Å². The zero-order valence-corrected chi connectivity index (χ0v) is 19.1. The van der Waals surface area contributed by atoms with Crippen LogP contribution in [0.2, 0.25) is 5.02 Å². The van der Waals surface area contributed by atoms with E-state index < -0.39 is 0 Å². The molecule has 3 aromatic rings. The van der Waals surface area contributed by atoms with Crippen LogP contribution < -0.4 is 4.90 Å². The summed E-state index contributed by atoms with van der Waals surface area (Å²) in [5, 5.41) is 1.56. The van der Waals surface area contributed by atoms with Crippen molar-refractivity contribution >= 4 is 34.8 Å². The molecule has 6 nitrogen and oxygen atoms in total. The Morgan fingerprint density at radius 1 is 1.27 bits per heavy atom. The maximum Gasteiger partial charge on any atom is 0.266 e. The Hall–Kier alpha value is -2.51. The first-order valence-electron chi connectivity index (χ1n) is 9.90. The van der Waals surface area contributed by atoms with Crippen LogP contribution in [0.5, 0.6) is 0 Å². The van der Waals surface area contributed by atoms with Gasteiger partial charge in [-0.05, 0) is 44.4 Å². The van der Waals surface area contributed by atoms with Crippen LogP contribution in [0.4, 0.5) is 5.95 Å². The average molecular weight is 442 g/mol. The molecular formula is C22H24ClN5OS. The molecule has 0 N–H and O–H groups in total. The number of anilines is 1. The predicted molar refractivity (Wildman–Crippen MR) is 121 cm³/mol. The third kappa shape index (κ3) is 3.91. The summed E-state index contributed by atoms with van der Waals surface area (Å²) >= 11 is 7.70. The van der Waals surface area contributed by atoms with Gasteiger partial charge in [-0.25, -0.2) is 15.0 Å². The lowest BCUT2D eigenvalue weighted by Gasteiger charge is -2.26. The van der Waals surface area contributed by atoms with Gasteiger partial charge in [0.1, 0.15) is 4.88 Å². The number of hydrogen-bond donors (Lipinski definition) is 0. The average Bonchev–Trinajstić information content (AvgIpc) is 3.33. The number of hydrogen-bond acceptors (Lipinski definition) is 6. The number of amides is 1. The van der Waals surface area contributed by atoms with Crippen molar-refractivity contribution in [1.29, 1.82) is 0 Å². The van der Waals surface area contributed by atoms with Crippen LogP contribution in [0.15, 0.2) is 30.5 Å². The summed E-state index contributed by atoms with van der Waals surface area (Å²) in [6.07, 6.45) is 3.63. The zero-order valence-electron chi connectivity index (χ0n) is 17.5. The lowest BCUT2D eigenvalue weighted by molar-refractivity contribution is 0.0737. The van der Waals surface area contributed by atoms with E-state index in [0.29, 0.717) is 22.4 Å². The van der Waals surface area contributed by atoms with E-state index in [0.717, 1.165) is 40.4 Å². The molecule has 1 aliphatic rings. The normalized spacial score (nSPS) is 16.2. The summed E-state index contributed by atoms with van der Waals surface area (Å²) in [6.45, 7) is 4.53. The van der Waals surface area contributed by atoms with Crippen molar-refractivity contribution in [3.8, 4) is 11.1 Å². The van der Waals surface area contributed by atoms with Gasteiger partial charge in [0.25, 0.3) is 5.91 Å². The summed E-state index contributed by atoms with van der Waals surface area (Å²) in [7, 11) is 3.83. The van der Waals surface area contributed by atoms with Crippen LogP contribution in [0.3, 0.4) is 0 Å². The highest BCUT2D eigenvalue weighted by Crippen LogP contribution is 2.39. The quantitative estimate of drug-likeness (QED) is 0.575. The van der Waals surface area contributed by atoms with Gasteiger partial charge in [0.15, 0.2) is 0 Å². The first-order valence-corrected chi connectivity index (χ1v) is 11.1. The van der Waals surface area contributed by atoms with Gasteiger partial charge in [-0.1, -0.05) is 23.7 Å². The highest BCUT2D eigenvalue weighted by atomic mass is 35.5. The van der Waals surface area contributed by atoms with E-state index in [-0.39, 0.29) is 11.9 Å². The number of benzene rings is 1. The third-order valence-electron chi connectivity index (χ3n) is 5.27. The van der Waals surface area contributed by atoms with E-state index in [1.54, 1.807) is 0 Å². The second-order valence-corrected chi connectivity index (χ2v) is 9.32. The number of halogens is 1. The minimum atomic E-state index is -0.116. The van der Waals surface area contributed by atoms with Crippen molar-refractivity contribution in [1.82, 2.24) is 19.9 Å². The van der Waals surface area contributed by atoms with Crippen molar-refractivity contribution in [2.75, 3.05) is 25.5 Å². The van der Waals surface area contributed by atoms with Crippen LogP contribution in [-0.2, 0) is 0 Å². The molecule has 2 aromatic heterocycles. The van der Waals surface area contributed by atoms with Crippen LogP contribution in [-0.4, -0.2) is 46.4 Å². The molecule has 1 aliphatic heterocycles. The number of likely N-dealkylation sites (tertiary alicyclic amines) is 1. The number of carbonyl (C=O) groups excluding carboxylic acids is 1.